The van der Waals surface area contributed by atoms with Crippen LogP contribution in [0.5, 0.6) is 28.9 Å². The molecule has 2 aliphatic rings. The summed E-state index contributed by atoms with van der Waals surface area (Å²) in [6.07, 6.45) is -1.21. The molecule has 0 aliphatic carbocycles. The molecule has 4 aromatic rings. The number of hydrogen-bond donors (Lipinski definition) is 1. The van der Waals surface area contributed by atoms with Crippen LogP contribution in [0, 0.1) is 6.92 Å². The third kappa shape index (κ3) is 7.53. The lowest BCUT2D eigenvalue weighted by Gasteiger charge is -2.23. The van der Waals surface area contributed by atoms with Crippen LogP contribution < -0.4 is 23.7 Å². The Labute approximate surface area is 276 Å². The van der Waals surface area contributed by atoms with Gasteiger partial charge in [-0.15, -0.1) is 0 Å². The Balaban J connectivity index is 1.04. The van der Waals surface area contributed by atoms with Crippen LogP contribution >= 0.6 is 0 Å². The van der Waals surface area contributed by atoms with E-state index < -0.39 is 6.29 Å². The second-order valence-corrected chi connectivity index (χ2v) is 11.4. The predicted octanol–water partition coefficient (Wildman–Crippen LogP) is 5.52. The zero-order valence-corrected chi connectivity index (χ0v) is 26.2. The predicted molar refractivity (Wildman–Crippen MR) is 172 cm³/mol. The number of Topliss-reactive ketones (excluding diaryl/α,β-unsaturated/α-hetero) is 4. The number of benzene rings is 3. The normalized spacial score (nSPS) is 14.6. The topological polar surface area (TPSA) is 148 Å². The summed E-state index contributed by atoms with van der Waals surface area (Å²) < 4.78 is 27.7. The number of aryl methyl sites for hydroxylation is 1. The van der Waals surface area contributed by atoms with Crippen molar-refractivity contribution in [2.45, 2.75) is 45.5 Å². The second kappa shape index (κ2) is 14.5. The Kier molecular flexibility index (Phi) is 9.77. The van der Waals surface area contributed by atoms with Crippen molar-refractivity contribution in [3.8, 4) is 28.9 Å². The number of nitrogens with zero attached hydrogens (tertiary/aromatic N) is 1. The van der Waals surface area contributed by atoms with Crippen LogP contribution in [0.3, 0.4) is 0 Å². The fourth-order valence-electron chi connectivity index (χ4n) is 5.39. The summed E-state index contributed by atoms with van der Waals surface area (Å²) in [5.74, 6) is 1.02. The number of rotatable bonds is 13. The Morgan fingerprint density at radius 3 is 2.10 bits per heavy atom. The van der Waals surface area contributed by atoms with Crippen LogP contribution in [0.15, 0.2) is 72.8 Å². The molecular weight excluding hydrogens is 618 g/mol. The fraction of sp³-hybridized carbons (Fsp3) is 0.270. The van der Waals surface area contributed by atoms with Gasteiger partial charge in [0.15, 0.2) is 52.7 Å². The number of aliphatic hydroxyl groups excluding tert-OH is 1. The lowest BCUT2D eigenvalue weighted by Crippen LogP contribution is -2.28. The molecule has 2 aliphatic heterocycles. The van der Waals surface area contributed by atoms with Gasteiger partial charge in [-0.3, -0.25) is 19.2 Å². The van der Waals surface area contributed by atoms with Gasteiger partial charge in [0.1, 0.15) is 25.5 Å². The van der Waals surface area contributed by atoms with Crippen molar-refractivity contribution in [2.75, 3.05) is 19.8 Å². The van der Waals surface area contributed by atoms with Crippen molar-refractivity contribution >= 4 is 23.1 Å². The molecule has 0 fully saturated rings. The molecule has 0 radical (unpaired) electrons. The van der Waals surface area contributed by atoms with E-state index in [-0.39, 0.29) is 79.4 Å². The molecule has 1 atom stereocenters. The second-order valence-electron chi connectivity index (χ2n) is 11.4. The van der Waals surface area contributed by atoms with E-state index in [1.54, 1.807) is 73.7 Å². The first kappa shape index (κ1) is 32.4. The van der Waals surface area contributed by atoms with Gasteiger partial charge in [-0.25, -0.2) is 4.98 Å². The van der Waals surface area contributed by atoms with E-state index >= 15 is 0 Å². The highest BCUT2D eigenvalue weighted by Gasteiger charge is 2.22. The van der Waals surface area contributed by atoms with Crippen LogP contribution in [-0.4, -0.2) is 59.3 Å². The molecule has 3 heterocycles. The molecule has 6 rings (SSSR count). The van der Waals surface area contributed by atoms with Crippen LogP contribution in [0.2, 0.25) is 0 Å². The molecule has 48 heavy (non-hydrogen) atoms. The minimum Gasteiger partial charge on any atom is -0.486 e. The van der Waals surface area contributed by atoms with Crippen molar-refractivity contribution in [3.05, 3.63) is 106 Å². The maximum absolute atomic E-state index is 13.2. The maximum Gasteiger partial charge on any atom is 0.232 e. The Bertz CT molecular complexity index is 1880. The molecule has 0 saturated carbocycles. The standard InChI is InChI=1S/C37H33NO10/c1-22-6-15-35(38-37(22)30(42)12-10-28(40)24-8-14-32-34(19-24)48-36(43)21-46-32)47-20-25-4-2-3-5-26(25)29(41)11-9-27(39)23-7-13-31-33(18-23)45-17-16-44-31/h2-8,13-15,18-19,36,43H,9-12,16-17,20-21H2,1H3. The van der Waals surface area contributed by atoms with Crippen molar-refractivity contribution in [3.63, 3.8) is 0 Å². The monoisotopic (exact) mass is 651 g/mol. The summed E-state index contributed by atoms with van der Waals surface area (Å²) in [6.45, 7) is 2.63. The highest BCUT2D eigenvalue weighted by atomic mass is 16.7. The average Bonchev–Trinajstić information content (AvgIpc) is 3.11. The van der Waals surface area contributed by atoms with E-state index in [0.717, 1.165) is 0 Å². The van der Waals surface area contributed by atoms with Gasteiger partial charge >= 0.3 is 0 Å². The van der Waals surface area contributed by atoms with Crippen molar-refractivity contribution in [1.29, 1.82) is 0 Å². The number of carbonyl (C=O) groups is 4. The average molecular weight is 652 g/mol. The van der Waals surface area contributed by atoms with Crippen molar-refractivity contribution < 1.29 is 48.0 Å². The number of ether oxygens (including phenoxy) is 5. The van der Waals surface area contributed by atoms with E-state index in [9.17, 15) is 24.3 Å². The van der Waals surface area contributed by atoms with Gasteiger partial charge in [0.25, 0.3) is 0 Å². The number of carbonyl (C=O) groups excluding carboxylic acids is 4. The summed E-state index contributed by atoms with van der Waals surface area (Å²) in [4.78, 5) is 56.4. The van der Waals surface area contributed by atoms with Gasteiger partial charge in [-0.1, -0.05) is 30.3 Å². The Morgan fingerprint density at radius 1 is 0.729 bits per heavy atom. The molecule has 0 saturated heterocycles. The lowest BCUT2D eigenvalue weighted by molar-refractivity contribution is -0.0670. The number of hydrogen-bond acceptors (Lipinski definition) is 11. The number of fused-ring (bicyclic) bond motifs is 2. The molecular formula is C37H33NO10. The third-order valence-corrected chi connectivity index (χ3v) is 7.96. The first-order valence-electron chi connectivity index (χ1n) is 15.6. The van der Waals surface area contributed by atoms with Crippen LogP contribution in [-0.2, 0) is 6.61 Å². The number of ketones is 4. The minimum absolute atomic E-state index is 0.000822. The highest BCUT2D eigenvalue weighted by Crippen LogP contribution is 2.33. The zero-order chi connectivity index (χ0) is 33.6. The quantitative estimate of drug-likeness (QED) is 0.182. The molecule has 0 amide bonds. The largest absolute Gasteiger partial charge is 0.486 e. The molecule has 1 unspecified atom stereocenters. The summed E-state index contributed by atoms with van der Waals surface area (Å²) in [6, 6.07) is 20.0. The Hall–Kier alpha value is -5.55. The first-order chi connectivity index (χ1) is 23.2. The SMILES string of the molecule is Cc1ccc(OCc2ccccc2C(=O)CCC(=O)c2ccc3c(c2)OCCO3)nc1C(=O)CCC(=O)c1ccc2c(c1)OC(O)CO2. The molecule has 3 aromatic carbocycles. The summed E-state index contributed by atoms with van der Waals surface area (Å²) in [7, 11) is 0. The van der Waals surface area contributed by atoms with E-state index in [4.69, 9.17) is 23.7 Å². The fourth-order valence-corrected chi connectivity index (χ4v) is 5.39. The molecule has 0 bridgehead atoms. The third-order valence-electron chi connectivity index (χ3n) is 7.96. The molecule has 1 aromatic heterocycles. The van der Waals surface area contributed by atoms with Gasteiger partial charge in [0, 0.05) is 54.0 Å². The molecule has 246 valence electrons. The number of pyridine rings is 1. The lowest BCUT2D eigenvalue weighted by atomic mass is 9.98. The van der Waals surface area contributed by atoms with Crippen LogP contribution in [0.1, 0.15) is 78.4 Å². The molecule has 11 nitrogen and oxygen atoms in total. The van der Waals surface area contributed by atoms with Gasteiger partial charge in [0.05, 0.1) is 0 Å². The summed E-state index contributed by atoms with van der Waals surface area (Å²) in [5.41, 5.74) is 2.65. The maximum atomic E-state index is 13.2. The van der Waals surface area contributed by atoms with E-state index in [0.29, 0.717) is 58.3 Å². The molecule has 0 spiro atoms. The van der Waals surface area contributed by atoms with Gasteiger partial charge in [-0.05, 0) is 48.9 Å². The summed E-state index contributed by atoms with van der Waals surface area (Å²) in [5, 5.41) is 9.65. The number of aromatic nitrogens is 1. The van der Waals surface area contributed by atoms with Crippen molar-refractivity contribution in [1.82, 2.24) is 4.98 Å². The molecule has 1 N–H and O–H groups in total. The van der Waals surface area contributed by atoms with Gasteiger partial charge < -0.3 is 28.8 Å². The van der Waals surface area contributed by atoms with Crippen LogP contribution in [0.4, 0.5) is 0 Å². The highest BCUT2D eigenvalue weighted by molar-refractivity contribution is 6.03. The number of aliphatic hydroxyl groups is 1. The zero-order valence-electron chi connectivity index (χ0n) is 26.2. The van der Waals surface area contributed by atoms with E-state index in [1.165, 1.54) is 6.07 Å². The minimum atomic E-state index is -1.12. The smallest absolute Gasteiger partial charge is 0.232 e. The first-order valence-corrected chi connectivity index (χ1v) is 15.6. The summed E-state index contributed by atoms with van der Waals surface area (Å²) >= 11 is 0. The van der Waals surface area contributed by atoms with Crippen molar-refractivity contribution in [2.24, 2.45) is 0 Å². The van der Waals surface area contributed by atoms with Crippen LogP contribution in [0.25, 0.3) is 0 Å². The van der Waals surface area contributed by atoms with Gasteiger partial charge in [0.2, 0.25) is 12.2 Å². The van der Waals surface area contributed by atoms with E-state index in [1.807, 2.05) is 0 Å². The van der Waals surface area contributed by atoms with Gasteiger partial charge in [-0.2, -0.15) is 0 Å². The van der Waals surface area contributed by atoms with E-state index in [2.05, 4.69) is 4.98 Å². The molecule has 11 heteroatoms. The Morgan fingerprint density at radius 2 is 1.35 bits per heavy atom.